The monoisotopic (exact) mass is 298 g/mol. The minimum Gasteiger partial charge on any atom is -0.311 e. The first-order chi connectivity index (χ1) is 9.09. The van der Waals surface area contributed by atoms with Crippen LogP contribution in [0.5, 0.6) is 0 Å². The second-order valence-electron chi connectivity index (χ2n) is 4.73. The molecular weight excluding hydrogens is 283 g/mol. The fraction of sp³-hybridized carbons (Fsp3) is 0.385. The van der Waals surface area contributed by atoms with Gasteiger partial charge in [-0.25, -0.2) is 4.68 Å². The maximum atomic E-state index is 6.20. The maximum Gasteiger partial charge on any atom is 0.0868 e. The van der Waals surface area contributed by atoms with Crippen LogP contribution in [-0.4, -0.2) is 21.5 Å². The van der Waals surface area contributed by atoms with Gasteiger partial charge in [-0.1, -0.05) is 48.3 Å². The Morgan fingerprint density at radius 3 is 2.84 bits per heavy atom. The molecule has 4 nitrogen and oxygen atoms in total. The van der Waals surface area contributed by atoms with Crippen molar-refractivity contribution < 1.29 is 0 Å². The summed E-state index contributed by atoms with van der Waals surface area (Å²) in [5, 5.41) is 12.4. The minimum atomic E-state index is 0.486. The van der Waals surface area contributed by atoms with Gasteiger partial charge < -0.3 is 5.32 Å². The molecule has 0 aliphatic rings. The van der Waals surface area contributed by atoms with Gasteiger partial charge in [-0.2, -0.15) is 0 Å². The fourth-order valence-corrected chi connectivity index (χ4v) is 2.10. The van der Waals surface area contributed by atoms with Gasteiger partial charge in [-0.05, 0) is 24.6 Å². The first kappa shape index (κ1) is 14.3. The molecular formula is C13H16Cl2N4. The highest BCUT2D eigenvalue weighted by Crippen LogP contribution is 2.28. The van der Waals surface area contributed by atoms with Gasteiger partial charge in [-0.3, -0.25) is 0 Å². The van der Waals surface area contributed by atoms with E-state index in [1.807, 2.05) is 12.1 Å². The number of halogens is 2. The van der Waals surface area contributed by atoms with Gasteiger partial charge in [0.15, 0.2) is 0 Å². The number of benzene rings is 1. The number of nitrogens with one attached hydrogen (secondary N) is 1. The summed E-state index contributed by atoms with van der Waals surface area (Å²) in [5.74, 6) is 0.596. The van der Waals surface area contributed by atoms with E-state index in [0.717, 1.165) is 17.9 Å². The summed E-state index contributed by atoms with van der Waals surface area (Å²) in [6, 6.07) is 5.46. The van der Waals surface area contributed by atoms with Crippen LogP contribution in [0.25, 0.3) is 5.69 Å². The van der Waals surface area contributed by atoms with E-state index in [2.05, 4.69) is 29.5 Å². The molecule has 0 amide bonds. The van der Waals surface area contributed by atoms with Crippen molar-refractivity contribution in [1.29, 1.82) is 0 Å². The third-order valence-electron chi connectivity index (χ3n) is 2.64. The Balaban J connectivity index is 2.21. The fourth-order valence-electron chi connectivity index (χ4n) is 1.72. The summed E-state index contributed by atoms with van der Waals surface area (Å²) in [6.45, 7) is 5.95. The molecule has 2 rings (SSSR count). The van der Waals surface area contributed by atoms with Crippen molar-refractivity contribution in [2.75, 3.05) is 6.54 Å². The van der Waals surface area contributed by atoms with E-state index in [4.69, 9.17) is 23.2 Å². The SMILES string of the molecule is CC(C)CNCc1cnnn1-c1cccc(Cl)c1Cl. The summed E-state index contributed by atoms with van der Waals surface area (Å²) < 4.78 is 1.71. The molecule has 1 aromatic carbocycles. The summed E-state index contributed by atoms with van der Waals surface area (Å²) in [4.78, 5) is 0. The molecule has 0 fully saturated rings. The first-order valence-electron chi connectivity index (χ1n) is 6.14. The molecule has 0 saturated carbocycles. The molecule has 1 N–H and O–H groups in total. The Morgan fingerprint density at radius 1 is 1.32 bits per heavy atom. The predicted octanol–water partition coefficient (Wildman–Crippen LogP) is 3.32. The molecule has 2 aromatic rings. The molecule has 0 radical (unpaired) electrons. The third kappa shape index (κ3) is 3.47. The molecule has 0 bridgehead atoms. The summed E-state index contributed by atoms with van der Waals surface area (Å²) >= 11 is 12.2. The largest absolute Gasteiger partial charge is 0.311 e. The lowest BCUT2D eigenvalue weighted by Crippen LogP contribution is -2.20. The highest BCUT2D eigenvalue weighted by molar-refractivity contribution is 6.43. The number of aromatic nitrogens is 3. The standard InChI is InChI=1S/C13H16Cl2N4/c1-9(2)6-16-7-10-8-17-18-19(10)12-5-3-4-11(14)13(12)15/h3-5,8-9,16H,6-7H2,1-2H3. The van der Waals surface area contributed by atoms with E-state index in [0.29, 0.717) is 22.5 Å². The van der Waals surface area contributed by atoms with Gasteiger partial charge >= 0.3 is 0 Å². The molecule has 0 spiro atoms. The molecule has 1 aromatic heterocycles. The maximum absolute atomic E-state index is 6.20. The minimum absolute atomic E-state index is 0.486. The van der Waals surface area contributed by atoms with E-state index in [1.54, 1.807) is 16.9 Å². The Hall–Kier alpha value is -1.10. The predicted molar refractivity (Wildman–Crippen MR) is 77.9 cm³/mol. The Bertz CT molecular complexity index is 551. The Kier molecular flexibility index (Phi) is 4.80. The topological polar surface area (TPSA) is 42.7 Å². The molecule has 102 valence electrons. The molecule has 0 saturated heterocycles. The van der Waals surface area contributed by atoms with Crippen LogP contribution in [0, 0.1) is 5.92 Å². The lowest BCUT2D eigenvalue weighted by molar-refractivity contribution is 0.542. The third-order valence-corrected chi connectivity index (χ3v) is 3.45. The van der Waals surface area contributed by atoms with Crippen LogP contribution in [0.15, 0.2) is 24.4 Å². The highest BCUT2D eigenvalue weighted by atomic mass is 35.5. The van der Waals surface area contributed by atoms with Crippen molar-refractivity contribution in [1.82, 2.24) is 20.3 Å². The quantitative estimate of drug-likeness (QED) is 0.921. The van der Waals surface area contributed by atoms with Crippen molar-refractivity contribution >= 4 is 23.2 Å². The molecule has 0 aliphatic heterocycles. The average molecular weight is 299 g/mol. The second-order valence-corrected chi connectivity index (χ2v) is 5.52. The highest BCUT2D eigenvalue weighted by Gasteiger charge is 2.11. The van der Waals surface area contributed by atoms with Crippen molar-refractivity contribution in [3.63, 3.8) is 0 Å². The van der Waals surface area contributed by atoms with Gasteiger partial charge in [0, 0.05) is 6.54 Å². The van der Waals surface area contributed by atoms with Gasteiger partial charge in [0.25, 0.3) is 0 Å². The zero-order valence-electron chi connectivity index (χ0n) is 10.9. The van der Waals surface area contributed by atoms with Gasteiger partial charge in [0.05, 0.1) is 27.6 Å². The molecule has 0 unspecified atom stereocenters. The van der Waals surface area contributed by atoms with Crippen LogP contribution >= 0.6 is 23.2 Å². The second kappa shape index (κ2) is 6.37. The zero-order chi connectivity index (χ0) is 13.8. The van der Waals surface area contributed by atoms with E-state index < -0.39 is 0 Å². The molecule has 6 heteroatoms. The zero-order valence-corrected chi connectivity index (χ0v) is 12.4. The number of nitrogens with zero attached hydrogens (tertiary/aromatic N) is 3. The van der Waals surface area contributed by atoms with Gasteiger partial charge in [-0.15, -0.1) is 5.10 Å². The molecule has 1 heterocycles. The Morgan fingerprint density at radius 2 is 2.11 bits per heavy atom. The summed E-state index contributed by atoms with van der Waals surface area (Å²) in [5.41, 5.74) is 1.69. The van der Waals surface area contributed by atoms with E-state index in [9.17, 15) is 0 Å². The average Bonchev–Trinajstić information content (AvgIpc) is 2.80. The number of hydrogen-bond donors (Lipinski definition) is 1. The summed E-state index contributed by atoms with van der Waals surface area (Å²) in [7, 11) is 0. The lowest BCUT2D eigenvalue weighted by atomic mass is 10.2. The molecule has 19 heavy (non-hydrogen) atoms. The Labute approximate surface area is 122 Å². The van der Waals surface area contributed by atoms with E-state index in [-0.39, 0.29) is 0 Å². The van der Waals surface area contributed by atoms with Crippen LogP contribution < -0.4 is 5.32 Å². The van der Waals surface area contributed by atoms with Crippen LogP contribution in [0.4, 0.5) is 0 Å². The van der Waals surface area contributed by atoms with Crippen LogP contribution in [0.2, 0.25) is 10.0 Å². The van der Waals surface area contributed by atoms with Crippen molar-refractivity contribution in [2.24, 2.45) is 5.92 Å². The van der Waals surface area contributed by atoms with E-state index in [1.165, 1.54) is 0 Å². The van der Waals surface area contributed by atoms with Crippen LogP contribution in [0.1, 0.15) is 19.5 Å². The van der Waals surface area contributed by atoms with Crippen LogP contribution in [0.3, 0.4) is 0 Å². The smallest absolute Gasteiger partial charge is 0.0868 e. The normalized spacial score (nSPS) is 11.2. The van der Waals surface area contributed by atoms with Gasteiger partial charge in [0.2, 0.25) is 0 Å². The van der Waals surface area contributed by atoms with E-state index >= 15 is 0 Å². The van der Waals surface area contributed by atoms with Crippen molar-refractivity contribution in [2.45, 2.75) is 20.4 Å². The molecule has 0 atom stereocenters. The lowest BCUT2D eigenvalue weighted by Gasteiger charge is -2.10. The van der Waals surface area contributed by atoms with Crippen molar-refractivity contribution in [3.8, 4) is 5.69 Å². The first-order valence-corrected chi connectivity index (χ1v) is 6.90. The summed E-state index contributed by atoms with van der Waals surface area (Å²) in [6.07, 6.45) is 1.73. The van der Waals surface area contributed by atoms with Gasteiger partial charge in [0.1, 0.15) is 0 Å². The van der Waals surface area contributed by atoms with Crippen molar-refractivity contribution in [3.05, 3.63) is 40.1 Å². The molecule has 0 aliphatic carbocycles. The van der Waals surface area contributed by atoms with Crippen LogP contribution in [-0.2, 0) is 6.54 Å². The number of rotatable bonds is 5. The number of hydrogen-bond acceptors (Lipinski definition) is 3.